The van der Waals surface area contributed by atoms with Crippen molar-refractivity contribution in [2.75, 3.05) is 0 Å². The first-order valence-corrected chi connectivity index (χ1v) is 6.85. The third-order valence-corrected chi connectivity index (χ3v) is 3.36. The number of aryl methyl sites for hydroxylation is 3. The molecule has 0 aliphatic carbocycles. The molecule has 0 amide bonds. The van der Waals surface area contributed by atoms with E-state index in [9.17, 15) is 0 Å². The molecule has 0 saturated carbocycles. The molecule has 3 rings (SSSR count). The van der Waals surface area contributed by atoms with Crippen LogP contribution in [-0.4, -0.2) is 14.5 Å². The van der Waals surface area contributed by atoms with Crippen LogP contribution >= 0.6 is 0 Å². The van der Waals surface area contributed by atoms with Gasteiger partial charge in [0, 0.05) is 31.6 Å². The van der Waals surface area contributed by atoms with Gasteiger partial charge in [-0.25, -0.2) is 4.98 Å². The minimum atomic E-state index is 0.833. The SMILES string of the molecule is CCc1ccc(-c2nccn2CCc2ccco2)nc1. The summed E-state index contributed by atoms with van der Waals surface area (Å²) in [6.07, 6.45) is 9.26. The largest absolute Gasteiger partial charge is 0.469 e. The van der Waals surface area contributed by atoms with Crippen molar-refractivity contribution in [3.05, 3.63) is 60.4 Å². The Morgan fingerprint density at radius 2 is 2.15 bits per heavy atom. The summed E-state index contributed by atoms with van der Waals surface area (Å²) in [5.41, 5.74) is 2.15. The molecule has 0 spiro atoms. The molecule has 0 saturated heterocycles. The van der Waals surface area contributed by atoms with E-state index >= 15 is 0 Å². The highest BCUT2D eigenvalue weighted by Gasteiger charge is 2.07. The van der Waals surface area contributed by atoms with Gasteiger partial charge in [0.25, 0.3) is 0 Å². The lowest BCUT2D eigenvalue weighted by atomic mass is 10.2. The van der Waals surface area contributed by atoms with Crippen LogP contribution in [-0.2, 0) is 19.4 Å². The molecule has 3 aromatic heterocycles. The summed E-state index contributed by atoms with van der Waals surface area (Å²) in [5.74, 6) is 1.89. The highest BCUT2D eigenvalue weighted by atomic mass is 16.3. The number of rotatable bonds is 5. The molecule has 3 heterocycles. The quantitative estimate of drug-likeness (QED) is 0.712. The zero-order chi connectivity index (χ0) is 13.8. The van der Waals surface area contributed by atoms with Crippen LogP contribution in [0.4, 0.5) is 0 Å². The number of hydrogen-bond acceptors (Lipinski definition) is 3. The van der Waals surface area contributed by atoms with Crippen LogP contribution in [0.1, 0.15) is 18.2 Å². The standard InChI is InChI=1S/C16H17N3O/c1-2-13-5-6-15(18-12-13)16-17-8-10-19(16)9-7-14-4-3-11-20-14/h3-6,8,10-12H,2,7,9H2,1H3. The summed E-state index contributed by atoms with van der Waals surface area (Å²) in [6, 6.07) is 8.04. The van der Waals surface area contributed by atoms with Crippen molar-refractivity contribution in [2.24, 2.45) is 0 Å². The van der Waals surface area contributed by atoms with Crippen LogP contribution in [0.25, 0.3) is 11.5 Å². The van der Waals surface area contributed by atoms with E-state index < -0.39 is 0 Å². The van der Waals surface area contributed by atoms with Gasteiger partial charge in [0.2, 0.25) is 0 Å². The zero-order valence-corrected chi connectivity index (χ0v) is 11.5. The van der Waals surface area contributed by atoms with E-state index in [0.717, 1.165) is 36.7 Å². The predicted octanol–water partition coefficient (Wildman–Crippen LogP) is 3.34. The van der Waals surface area contributed by atoms with Gasteiger partial charge < -0.3 is 8.98 Å². The van der Waals surface area contributed by atoms with Gasteiger partial charge in [0.1, 0.15) is 11.5 Å². The average Bonchev–Trinajstić information content (AvgIpc) is 3.16. The Bertz CT molecular complexity index is 653. The summed E-state index contributed by atoms with van der Waals surface area (Å²) >= 11 is 0. The van der Waals surface area contributed by atoms with Crippen molar-refractivity contribution < 1.29 is 4.42 Å². The molecule has 0 aromatic carbocycles. The van der Waals surface area contributed by atoms with Gasteiger partial charge in [0.05, 0.1) is 6.26 Å². The van der Waals surface area contributed by atoms with Crippen molar-refractivity contribution in [1.82, 2.24) is 14.5 Å². The van der Waals surface area contributed by atoms with Crippen LogP contribution < -0.4 is 0 Å². The lowest BCUT2D eigenvalue weighted by Crippen LogP contribution is -2.03. The number of pyridine rings is 1. The minimum Gasteiger partial charge on any atom is -0.469 e. The Balaban J connectivity index is 1.78. The maximum Gasteiger partial charge on any atom is 0.158 e. The van der Waals surface area contributed by atoms with Crippen LogP contribution in [0.3, 0.4) is 0 Å². The molecule has 0 atom stereocenters. The third-order valence-electron chi connectivity index (χ3n) is 3.36. The first-order valence-electron chi connectivity index (χ1n) is 6.85. The number of aromatic nitrogens is 3. The van der Waals surface area contributed by atoms with E-state index in [1.54, 1.807) is 6.26 Å². The van der Waals surface area contributed by atoms with E-state index in [-0.39, 0.29) is 0 Å². The summed E-state index contributed by atoms with van der Waals surface area (Å²) in [4.78, 5) is 8.90. The molecular weight excluding hydrogens is 250 g/mol. The molecular formula is C16H17N3O. The molecule has 4 heteroatoms. The molecule has 102 valence electrons. The molecule has 0 aliphatic rings. The van der Waals surface area contributed by atoms with Crippen LogP contribution in [0.2, 0.25) is 0 Å². The normalized spacial score (nSPS) is 10.8. The second-order valence-electron chi connectivity index (χ2n) is 4.68. The number of imidazole rings is 1. The third kappa shape index (κ3) is 2.64. The molecule has 0 fully saturated rings. The van der Waals surface area contributed by atoms with E-state index in [1.165, 1.54) is 5.56 Å². The maximum atomic E-state index is 5.36. The van der Waals surface area contributed by atoms with Gasteiger partial charge in [-0.2, -0.15) is 0 Å². The average molecular weight is 267 g/mol. The van der Waals surface area contributed by atoms with Gasteiger partial charge in [-0.3, -0.25) is 4.98 Å². The molecule has 0 aliphatic heterocycles. The van der Waals surface area contributed by atoms with Crippen molar-refractivity contribution in [2.45, 2.75) is 26.3 Å². The lowest BCUT2D eigenvalue weighted by Gasteiger charge is -2.06. The van der Waals surface area contributed by atoms with Crippen molar-refractivity contribution >= 4 is 0 Å². The van der Waals surface area contributed by atoms with Gasteiger partial charge in [-0.15, -0.1) is 0 Å². The molecule has 0 bridgehead atoms. The highest BCUT2D eigenvalue weighted by molar-refractivity contribution is 5.49. The molecule has 0 N–H and O–H groups in total. The van der Waals surface area contributed by atoms with Crippen molar-refractivity contribution in [3.8, 4) is 11.5 Å². The second kappa shape index (κ2) is 5.74. The van der Waals surface area contributed by atoms with Gasteiger partial charge in [-0.1, -0.05) is 13.0 Å². The first kappa shape index (κ1) is 12.7. The second-order valence-corrected chi connectivity index (χ2v) is 4.68. The fourth-order valence-electron chi connectivity index (χ4n) is 2.17. The number of furan rings is 1. The fraction of sp³-hybridized carbons (Fsp3) is 0.250. The Morgan fingerprint density at radius 1 is 1.20 bits per heavy atom. The Morgan fingerprint density at radius 3 is 2.85 bits per heavy atom. The summed E-state index contributed by atoms with van der Waals surface area (Å²) in [5, 5.41) is 0. The fourth-order valence-corrected chi connectivity index (χ4v) is 2.17. The monoisotopic (exact) mass is 267 g/mol. The molecule has 0 radical (unpaired) electrons. The maximum absolute atomic E-state index is 5.36. The van der Waals surface area contributed by atoms with Crippen LogP contribution in [0.5, 0.6) is 0 Å². The van der Waals surface area contributed by atoms with E-state index in [2.05, 4.69) is 27.5 Å². The minimum absolute atomic E-state index is 0.833. The van der Waals surface area contributed by atoms with Crippen molar-refractivity contribution in [3.63, 3.8) is 0 Å². The first-order chi connectivity index (χ1) is 9.86. The van der Waals surface area contributed by atoms with Gasteiger partial charge >= 0.3 is 0 Å². The summed E-state index contributed by atoms with van der Waals surface area (Å²) in [6.45, 7) is 2.96. The predicted molar refractivity (Wildman–Crippen MR) is 77.2 cm³/mol. The number of nitrogens with zero attached hydrogens (tertiary/aromatic N) is 3. The summed E-state index contributed by atoms with van der Waals surface area (Å²) in [7, 11) is 0. The van der Waals surface area contributed by atoms with Gasteiger partial charge in [0.15, 0.2) is 5.82 Å². The summed E-state index contributed by atoms with van der Waals surface area (Å²) < 4.78 is 7.47. The lowest BCUT2D eigenvalue weighted by molar-refractivity contribution is 0.492. The Hall–Kier alpha value is -2.36. The Kier molecular flexibility index (Phi) is 3.63. The van der Waals surface area contributed by atoms with E-state index in [4.69, 9.17) is 4.42 Å². The molecule has 0 unspecified atom stereocenters. The zero-order valence-electron chi connectivity index (χ0n) is 11.5. The molecule has 4 nitrogen and oxygen atoms in total. The highest BCUT2D eigenvalue weighted by Crippen LogP contribution is 2.16. The van der Waals surface area contributed by atoms with Gasteiger partial charge in [-0.05, 0) is 30.2 Å². The Labute approximate surface area is 118 Å². The molecule has 20 heavy (non-hydrogen) atoms. The van der Waals surface area contributed by atoms with E-state index in [0.29, 0.717) is 0 Å². The van der Waals surface area contributed by atoms with Crippen LogP contribution in [0.15, 0.2) is 53.5 Å². The topological polar surface area (TPSA) is 43.9 Å². The van der Waals surface area contributed by atoms with E-state index in [1.807, 2.05) is 36.8 Å². The van der Waals surface area contributed by atoms with Crippen LogP contribution in [0, 0.1) is 0 Å². The number of hydrogen-bond donors (Lipinski definition) is 0. The smallest absolute Gasteiger partial charge is 0.158 e. The molecule has 3 aromatic rings. The van der Waals surface area contributed by atoms with Crippen molar-refractivity contribution in [1.29, 1.82) is 0 Å².